The lowest BCUT2D eigenvalue weighted by Gasteiger charge is -2.17. The Morgan fingerprint density at radius 3 is 2.26 bits per heavy atom. The molecule has 1 N–H and O–H groups in total. The Labute approximate surface area is 109 Å². The van der Waals surface area contributed by atoms with Crippen LogP contribution in [0.25, 0.3) is 0 Å². The summed E-state index contributed by atoms with van der Waals surface area (Å²) in [6, 6.07) is 0.964. The van der Waals surface area contributed by atoms with E-state index in [-0.39, 0.29) is 6.61 Å². The predicted molar refractivity (Wildman–Crippen MR) is 64.2 cm³/mol. The van der Waals surface area contributed by atoms with Crippen LogP contribution in [0, 0.1) is 17.5 Å². The summed E-state index contributed by atoms with van der Waals surface area (Å²) >= 11 is 0. The Hall–Kier alpha value is -1.56. The van der Waals surface area contributed by atoms with Crippen LogP contribution in [0.2, 0.25) is 0 Å². The van der Waals surface area contributed by atoms with E-state index < -0.39 is 28.9 Å². The molecule has 0 aliphatic heterocycles. The number of rotatable bonds is 6. The van der Waals surface area contributed by atoms with E-state index in [1.165, 1.54) is 11.9 Å². The minimum atomic E-state index is -1.20. The van der Waals surface area contributed by atoms with Crippen LogP contribution in [0.1, 0.15) is 29.6 Å². The molecule has 0 atom stereocenters. The molecule has 19 heavy (non-hydrogen) atoms. The van der Waals surface area contributed by atoms with Crippen molar-refractivity contribution in [1.29, 1.82) is 0 Å². The number of unbranched alkanes of at least 4 members (excludes halogenated alkanes) is 2. The van der Waals surface area contributed by atoms with Crippen LogP contribution in [0.15, 0.2) is 12.1 Å². The molecule has 0 unspecified atom stereocenters. The van der Waals surface area contributed by atoms with Crippen molar-refractivity contribution in [2.24, 2.45) is 0 Å². The van der Waals surface area contributed by atoms with Crippen LogP contribution in [-0.2, 0) is 0 Å². The second kappa shape index (κ2) is 7.13. The summed E-state index contributed by atoms with van der Waals surface area (Å²) in [5.74, 6) is -4.29. The zero-order valence-corrected chi connectivity index (χ0v) is 10.6. The van der Waals surface area contributed by atoms with Gasteiger partial charge in [0, 0.05) is 32.3 Å². The van der Waals surface area contributed by atoms with Gasteiger partial charge in [0.05, 0.1) is 0 Å². The fourth-order valence-corrected chi connectivity index (χ4v) is 1.68. The minimum absolute atomic E-state index is 0.0683. The van der Waals surface area contributed by atoms with Gasteiger partial charge >= 0.3 is 0 Å². The van der Waals surface area contributed by atoms with Crippen molar-refractivity contribution in [3.8, 4) is 0 Å². The van der Waals surface area contributed by atoms with Crippen LogP contribution in [0.5, 0.6) is 0 Å². The van der Waals surface area contributed by atoms with E-state index in [0.29, 0.717) is 37.9 Å². The van der Waals surface area contributed by atoms with Gasteiger partial charge in [0.1, 0.15) is 23.0 Å². The quantitative estimate of drug-likeness (QED) is 0.809. The summed E-state index contributed by atoms with van der Waals surface area (Å²) < 4.78 is 39.5. The van der Waals surface area contributed by atoms with Crippen molar-refractivity contribution in [3.63, 3.8) is 0 Å². The predicted octanol–water partition coefficient (Wildman–Crippen LogP) is 2.34. The maximum absolute atomic E-state index is 13.4. The molecule has 0 spiro atoms. The van der Waals surface area contributed by atoms with Gasteiger partial charge in [-0.1, -0.05) is 0 Å². The molecule has 1 amide bonds. The maximum Gasteiger partial charge on any atom is 0.259 e. The average molecular weight is 275 g/mol. The number of aliphatic hydroxyl groups excluding tert-OH is 1. The van der Waals surface area contributed by atoms with Crippen LogP contribution in [0.3, 0.4) is 0 Å². The highest BCUT2D eigenvalue weighted by Gasteiger charge is 2.21. The third-order valence-corrected chi connectivity index (χ3v) is 2.72. The molecule has 0 saturated carbocycles. The van der Waals surface area contributed by atoms with Crippen LogP contribution < -0.4 is 0 Å². The third kappa shape index (κ3) is 4.24. The SMILES string of the molecule is CN(CCCCCO)C(=O)c1c(F)cc(F)cc1F. The Morgan fingerprint density at radius 2 is 1.74 bits per heavy atom. The molecule has 0 aromatic heterocycles. The molecule has 0 saturated heterocycles. The molecular weight excluding hydrogens is 259 g/mol. The average Bonchev–Trinajstić information content (AvgIpc) is 2.33. The molecule has 0 heterocycles. The summed E-state index contributed by atoms with van der Waals surface area (Å²) in [5.41, 5.74) is -0.744. The second-order valence-corrected chi connectivity index (χ2v) is 4.26. The van der Waals surface area contributed by atoms with Crippen molar-refractivity contribution in [2.75, 3.05) is 20.2 Å². The zero-order valence-electron chi connectivity index (χ0n) is 10.6. The van der Waals surface area contributed by atoms with Crippen molar-refractivity contribution < 1.29 is 23.1 Å². The van der Waals surface area contributed by atoms with Gasteiger partial charge in [-0.05, 0) is 19.3 Å². The second-order valence-electron chi connectivity index (χ2n) is 4.26. The molecule has 106 valence electrons. The van der Waals surface area contributed by atoms with Crippen LogP contribution in [0.4, 0.5) is 13.2 Å². The first-order valence-electron chi connectivity index (χ1n) is 5.98. The van der Waals surface area contributed by atoms with Gasteiger partial charge in [-0.25, -0.2) is 13.2 Å². The highest BCUT2D eigenvalue weighted by molar-refractivity contribution is 5.94. The number of hydrogen-bond acceptors (Lipinski definition) is 2. The minimum Gasteiger partial charge on any atom is -0.396 e. The topological polar surface area (TPSA) is 40.5 Å². The van der Waals surface area contributed by atoms with E-state index >= 15 is 0 Å². The molecule has 3 nitrogen and oxygen atoms in total. The van der Waals surface area contributed by atoms with Crippen molar-refractivity contribution in [1.82, 2.24) is 4.90 Å². The van der Waals surface area contributed by atoms with Crippen molar-refractivity contribution in [2.45, 2.75) is 19.3 Å². The van der Waals surface area contributed by atoms with E-state index in [9.17, 15) is 18.0 Å². The summed E-state index contributed by atoms with van der Waals surface area (Å²) in [7, 11) is 1.42. The van der Waals surface area contributed by atoms with Crippen molar-refractivity contribution >= 4 is 5.91 Å². The molecule has 0 aliphatic rings. The molecular formula is C13H16F3NO2. The van der Waals surface area contributed by atoms with Crippen molar-refractivity contribution in [3.05, 3.63) is 35.1 Å². The Morgan fingerprint density at radius 1 is 1.16 bits per heavy atom. The van der Waals surface area contributed by atoms with Gasteiger partial charge in [-0.15, -0.1) is 0 Å². The normalized spacial score (nSPS) is 10.6. The van der Waals surface area contributed by atoms with Crippen LogP contribution in [-0.4, -0.2) is 36.1 Å². The number of nitrogens with zero attached hydrogens (tertiary/aromatic N) is 1. The number of amides is 1. The number of aliphatic hydroxyl groups is 1. The Kier molecular flexibility index (Phi) is 5.82. The van der Waals surface area contributed by atoms with Gasteiger partial charge in [0.25, 0.3) is 5.91 Å². The number of hydrogen-bond donors (Lipinski definition) is 1. The first-order chi connectivity index (χ1) is 8.97. The number of benzene rings is 1. The fourth-order valence-electron chi connectivity index (χ4n) is 1.68. The third-order valence-electron chi connectivity index (χ3n) is 2.72. The van der Waals surface area contributed by atoms with Gasteiger partial charge in [-0.3, -0.25) is 4.79 Å². The highest BCUT2D eigenvalue weighted by Crippen LogP contribution is 2.16. The standard InChI is InChI=1S/C13H16F3NO2/c1-17(5-3-2-4-6-18)13(19)12-10(15)7-9(14)8-11(12)16/h7-8,18H,2-6H2,1H3. The molecule has 1 rings (SSSR count). The van der Waals surface area contributed by atoms with Gasteiger partial charge in [0.15, 0.2) is 0 Å². The summed E-state index contributed by atoms with van der Waals surface area (Å²) in [5, 5.41) is 8.60. The van der Waals surface area contributed by atoms with E-state index in [1.807, 2.05) is 0 Å². The molecule has 1 aromatic rings. The van der Waals surface area contributed by atoms with Gasteiger partial charge < -0.3 is 10.0 Å². The van der Waals surface area contributed by atoms with Gasteiger partial charge in [0.2, 0.25) is 0 Å². The molecule has 1 aromatic carbocycles. The number of carbonyl (C=O) groups excluding carboxylic acids is 1. The first-order valence-corrected chi connectivity index (χ1v) is 5.98. The number of halogens is 3. The Bertz CT molecular complexity index is 429. The monoisotopic (exact) mass is 275 g/mol. The molecule has 0 radical (unpaired) electrons. The largest absolute Gasteiger partial charge is 0.396 e. The maximum atomic E-state index is 13.4. The summed E-state index contributed by atoms with van der Waals surface area (Å²) in [6.07, 6.45) is 1.94. The lowest BCUT2D eigenvalue weighted by Crippen LogP contribution is -2.29. The lowest BCUT2D eigenvalue weighted by molar-refractivity contribution is 0.0782. The molecule has 0 bridgehead atoms. The summed E-state index contributed by atoms with van der Waals surface area (Å²) in [4.78, 5) is 13.0. The molecule has 0 fully saturated rings. The molecule has 0 aliphatic carbocycles. The zero-order chi connectivity index (χ0) is 14.4. The highest BCUT2D eigenvalue weighted by atomic mass is 19.1. The smallest absolute Gasteiger partial charge is 0.259 e. The summed E-state index contributed by atoms with van der Waals surface area (Å²) in [6.45, 7) is 0.383. The van der Waals surface area contributed by atoms with E-state index in [2.05, 4.69) is 0 Å². The van der Waals surface area contributed by atoms with Crippen LogP contribution >= 0.6 is 0 Å². The van der Waals surface area contributed by atoms with E-state index in [0.717, 1.165) is 0 Å². The lowest BCUT2D eigenvalue weighted by atomic mass is 10.1. The first kappa shape index (κ1) is 15.5. The Balaban J connectivity index is 2.72. The molecule has 6 heteroatoms. The van der Waals surface area contributed by atoms with Gasteiger partial charge in [-0.2, -0.15) is 0 Å². The van der Waals surface area contributed by atoms with E-state index in [4.69, 9.17) is 5.11 Å². The number of carbonyl (C=O) groups is 1. The van der Waals surface area contributed by atoms with E-state index in [1.54, 1.807) is 0 Å². The fraction of sp³-hybridized carbons (Fsp3) is 0.462.